The van der Waals surface area contributed by atoms with E-state index in [0.29, 0.717) is 45.7 Å². The van der Waals surface area contributed by atoms with Crippen LogP contribution in [0.25, 0.3) is 0 Å². The third-order valence-electron chi connectivity index (χ3n) is 5.32. The molecule has 1 aliphatic rings. The van der Waals surface area contributed by atoms with Gasteiger partial charge in [0.2, 0.25) is 5.91 Å². The van der Waals surface area contributed by atoms with E-state index in [-0.39, 0.29) is 24.4 Å². The number of rotatable bonds is 9. The summed E-state index contributed by atoms with van der Waals surface area (Å²) in [5, 5.41) is 8.31. The lowest BCUT2D eigenvalue weighted by molar-refractivity contribution is -0.123. The second-order valence-corrected chi connectivity index (χ2v) is 9.39. The number of halogens is 1. The zero-order valence-corrected chi connectivity index (χ0v) is 20.7. The number of nitrogens with one attached hydrogen (secondary N) is 3. The average molecular weight is 480 g/mol. The summed E-state index contributed by atoms with van der Waals surface area (Å²) in [5.74, 6) is -0.566. The summed E-state index contributed by atoms with van der Waals surface area (Å²) in [4.78, 5) is 40.9. The predicted octanol–water partition coefficient (Wildman–Crippen LogP) is 2.46. The molecule has 0 saturated carbocycles. The topological polar surface area (TPSA) is 103 Å². The second kappa shape index (κ2) is 13.1. The summed E-state index contributed by atoms with van der Waals surface area (Å²) in [6, 6.07) is 4.77. The first-order valence-corrected chi connectivity index (χ1v) is 11.8. The molecule has 0 bridgehead atoms. The predicted molar refractivity (Wildman–Crippen MR) is 128 cm³/mol. The first kappa shape index (κ1) is 27.4. The average Bonchev–Trinajstić information content (AvgIpc) is 2.77. The monoisotopic (exact) mass is 479 g/mol. The summed E-state index contributed by atoms with van der Waals surface area (Å²) in [6.45, 7) is 11.4. The standard InChI is InChI=1S/C24H38FN5O4/c1-5-6-20(28-22(32)27-17-18-7-9-19(25)10-8-18)21(31)26-11-12-29-13-15-30(16-14-29)23(33)34-24(2,3)4/h7-10,20H,5-6,11-17H2,1-4H3,(H,26,31)(H2,27,28,32). The Balaban J connectivity index is 1.69. The molecule has 1 atom stereocenters. The first-order chi connectivity index (χ1) is 16.1. The third-order valence-corrected chi connectivity index (χ3v) is 5.32. The van der Waals surface area contributed by atoms with E-state index in [1.807, 2.05) is 27.7 Å². The van der Waals surface area contributed by atoms with Crippen molar-refractivity contribution >= 4 is 18.0 Å². The van der Waals surface area contributed by atoms with Crippen molar-refractivity contribution in [3.05, 3.63) is 35.6 Å². The van der Waals surface area contributed by atoms with Crippen LogP contribution in [0.5, 0.6) is 0 Å². The Labute approximate surface area is 201 Å². The summed E-state index contributed by atoms with van der Waals surface area (Å²) in [5.41, 5.74) is 0.249. The molecule has 1 saturated heterocycles. The van der Waals surface area contributed by atoms with E-state index >= 15 is 0 Å². The molecule has 34 heavy (non-hydrogen) atoms. The minimum atomic E-state index is -0.637. The highest BCUT2D eigenvalue weighted by Crippen LogP contribution is 2.11. The molecular weight excluding hydrogens is 441 g/mol. The fourth-order valence-electron chi connectivity index (χ4n) is 3.49. The molecule has 1 aromatic rings. The molecular formula is C24H38FN5O4. The molecule has 3 N–H and O–H groups in total. The van der Waals surface area contributed by atoms with E-state index in [1.54, 1.807) is 17.0 Å². The van der Waals surface area contributed by atoms with Gasteiger partial charge in [-0.25, -0.2) is 14.0 Å². The van der Waals surface area contributed by atoms with Gasteiger partial charge in [0.15, 0.2) is 0 Å². The fraction of sp³-hybridized carbons (Fsp3) is 0.625. The zero-order valence-electron chi connectivity index (χ0n) is 20.7. The molecule has 190 valence electrons. The molecule has 4 amide bonds. The van der Waals surface area contributed by atoms with Gasteiger partial charge in [-0.3, -0.25) is 9.69 Å². The van der Waals surface area contributed by atoms with Crippen LogP contribution in [0.15, 0.2) is 24.3 Å². The van der Waals surface area contributed by atoms with Crippen LogP contribution in [-0.2, 0) is 16.1 Å². The van der Waals surface area contributed by atoms with Crippen molar-refractivity contribution in [2.24, 2.45) is 0 Å². The Morgan fingerprint density at radius 2 is 1.71 bits per heavy atom. The first-order valence-electron chi connectivity index (χ1n) is 11.8. The van der Waals surface area contributed by atoms with Crippen LogP contribution in [0.1, 0.15) is 46.1 Å². The van der Waals surface area contributed by atoms with Gasteiger partial charge in [0.25, 0.3) is 0 Å². The number of ether oxygens (including phenoxy) is 1. The summed E-state index contributed by atoms with van der Waals surface area (Å²) >= 11 is 0. The number of hydrogen-bond acceptors (Lipinski definition) is 5. The van der Waals surface area contributed by atoms with Crippen molar-refractivity contribution in [3.63, 3.8) is 0 Å². The van der Waals surface area contributed by atoms with Gasteiger partial charge >= 0.3 is 12.1 Å². The quantitative estimate of drug-likeness (QED) is 0.505. The van der Waals surface area contributed by atoms with Crippen molar-refractivity contribution in [1.29, 1.82) is 0 Å². The minimum absolute atomic E-state index is 0.230. The van der Waals surface area contributed by atoms with Crippen molar-refractivity contribution < 1.29 is 23.5 Å². The van der Waals surface area contributed by atoms with Crippen LogP contribution >= 0.6 is 0 Å². The number of hydrogen-bond donors (Lipinski definition) is 3. The van der Waals surface area contributed by atoms with Gasteiger partial charge in [0, 0.05) is 45.8 Å². The molecule has 10 heteroatoms. The van der Waals surface area contributed by atoms with Crippen molar-refractivity contribution in [1.82, 2.24) is 25.8 Å². The smallest absolute Gasteiger partial charge is 0.410 e. The minimum Gasteiger partial charge on any atom is -0.444 e. The number of nitrogens with zero attached hydrogens (tertiary/aromatic N) is 2. The Hall–Kier alpha value is -2.88. The van der Waals surface area contributed by atoms with Crippen LogP contribution in [0.4, 0.5) is 14.0 Å². The lowest BCUT2D eigenvalue weighted by atomic mass is 10.1. The van der Waals surface area contributed by atoms with Crippen LogP contribution < -0.4 is 16.0 Å². The maximum atomic E-state index is 13.0. The summed E-state index contributed by atoms with van der Waals surface area (Å²) in [7, 11) is 0. The van der Waals surface area contributed by atoms with Gasteiger partial charge in [-0.15, -0.1) is 0 Å². The van der Waals surface area contributed by atoms with Crippen LogP contribution in [0, 0.1) is 5.82 Å². The number of amides is 4. The molecule has 1 aromatic carbocycles. The van der Waals surface area contributed by atoms with Gasteiger partial charge in [-0.2, -0.15) is 0 Å². The van der Waals surface area contributed by atoms with E-state index in [1.165, 1.54) is 12.1 Å². The van der Waals surface area contributed by atoms with Gasteiger partial charge < -0.3 is 25.6 Å². The van der Waals surface area contributed by atoms with Gasteiger partial charge in [0.05, 0.1) is 0 Å². The van der Waals surface area contributed by atoms with Crippen LogP contribution in [-0.4, -0.2) is 78.7 Å². The van der Waals surface area contributed by atoms with Crippen LogP contribution in [0.3, 0.4) is 0 Å². The molecule has 1 aliphatic heterocycles. The SMILES string of the molecule is CCCC(NC(=O)NCc1ccc(F)cc1)C(=O)NCCN1CCN(C(=O)OC(C)(C)C)CC1. The Morgan fingerprint density at radius 1 is 1.06 bits per heavy atom. The van der Waals surface area contributed by atoms with Crippen molar-refractivity contribution in [3.8, 4) is 0 Å². The Bertz CT molecular complexity index is 805. The molecule has 0 aromatic heterocycles. The number of urea groups is 1. The van der Waals surface area contributed by atoms with Gasteiger partial charge in [0.1, 0.15) is 17.5 Å². The van der Waals surface area contributed by atoms with E-state index < -0.39 is 17.7 Å². The van der Waals surface area contributed by atoms with Gasteiger partial charge in [-0.1, -0.05) is 25.5 Å². The maximum absolute atomic E-state index is 13.0. The number of benzene rings is 1. The Kier molecular flexibility index (Phi) is 10.6. The number of piperazine rings is 1. The Morgan fingerprint density at radius 3 is 2.29 bits per heavy atom. The summed E-state index contributed by atoms with van der Waals surface area (Å²) < 4.78 is 18.4. The second-order valence-electron chi connectivity index (χ2n) is 9.39. The molecule has 2 rings (SSSR count). The molecule has 0 spiro atoms. The molecule has 9 nitrogen and oxygen atoms in total. The van der Waals surface area contributed by atoms with E-state index in [4.69, 9.17) is 4.74 Å². The normalized spacial score (nSPS) is 15.4. The van der Waals surface area contributed by atoms with Crippen LogP contribution in [0.2, 0.25) is 0 Å². The highest BCUT2D eigenvalue weighted by atomic mass is 19.1. The molecule has 0 radical (unpaired) electrons. The number of carbonyl (C=O) groups excluding carboxylic acids is 3. The maximum Gasteiger partial charge on any atom is 0.410 e. The third kappa shape index (κ3) is 9.94. The largest absolute Gasteiger partial charge is 0.444 e. The van der Waals surface area contributed by atoms with E-state index in [9.17, 15) is 18.8 Å². The molecule has 1 unspecified atom stereocenters. The number of carbonyl (C=O) groups is 3. The summed E-state index contributed by atoms with van der Waals surface area (Å²) in [6.07, 6.45) is 0.958. The molecule has 0 aliphatic carbocycles. The lowest BCUT2D eigenvalue weighted by Crippen LogP contribution is -2.53. The van der Waals surface area contributed by atoms with E-state index in [0.717, 1.165) is 12.0 Å². The molecule has 1 fully saturated rings. The molecule has 1 heterocycles. The van der Waals surface area contributed by atoms with Crippen molar-refractivity contribution in [2.45, 2.75) is 58.7 Å². The highest BCUT2D eigenvalue weighted by Gasteiger charge is 2.26. The lowest BCUT2D eigenvalue weighted by Gasteiger charge is -2.35. The van der Waals surface area contributed by atoms with Gasteiger partial charge in [-0.05, 0) is 44.9 Å². The fourth-order valence-corrected chi connectivity index (χ4v) is 3.49. The highest BCUT2D eigenvalue weighted by molar-refractivity contribution is 5.86. The van der Waals surface area contributed by atoms with Crippen molar-refractivity contribution in [2.75, 3.05) is 39.3 Å². The zero-order chi connectivity index (χ0) is 25.1. The van der Waals surface area contributed by atoms with E-state index in [2.05, 4.69) is 20.9 Å².